The van der Waals surface area contributed by atoms with Crippen LogP contribution in [0.25, 0.3) is 0 Å². The van der Waals surface area contributed by atoms with Crippen molar-refractivity contribution < 1.29 is 9.63 Å². The summed E-state index contributed by atoms with van der Waals surface area (Å²) < 4.78 is 0. The first-order valence-electron chi connectivity index (χ1n) is 5.46. The van der Waals surface area contributed by atoms with Gasteiger partial charge < -0.3 is 10.2 Å². The second kappa shape index (κ2) is 6.98. The molecule has 0 saturated carbocycles. The van der Waals surface area contributed by atoms with E-state index in [1.807, 2.05) is 31.2 Å². The minimum atomic E-state index is 0.0561. The van der Waals surface area contributed by atoms with Gasteiger partial charge in [-0.25, -0.2) is 5.90 Å². The van der Waals surface area contributed by atoms with Crippen molar-refractivity contribution in [3.8, 4) is 0 Å². The third-order valence-electron chi connectivity index (χ3n) is 2.22. The zero-order valence-electron chi connectivity index (χ0n) is 9.53. The Balaban J connectivity index is 2.47. The summed E-state index contributed by atoms with van der Waals surface area (Å²) in [6.45, 7) is 2.48. The number of amides is 1. The first kappa shape index (κ1) is 12.7. The summed E-state index contributed by atoms with van der Waals surface area (Å²) in [5, 5.41) is 2.83. The van der Waals surface area contributed by atoms with Gasteiger partial charge in [0.25, 0.3) is 0 Å². The SMILES string of the molecule is CCCC(=O)Nc1ccc(CCON)cc1. The maximum atomic E-state index is 11.3. The number of carbonyl (C=O) groups is 1. The van der Waals surface area contributed by atoms with Crippen LogP contribution in [0.3, 0.4) is 0 Å². The minimum Gasteiger partial charge on any atom is -0.326 e. The van der Waals surface area contributed by atoms with E-state index in [-0.39, 0.29) is 5.91 Å². The van der Waals surface area contributed by atoms with Crippen molar-refractivity contribution in [2.24, 2.45) is 5.90 Å². The van der Waals surface area contributed by atoms with Gasteiger partial charge in [-0.2, -0.15) is 0 Å². The van der Waals surface area contributed by atoms with Crippen LogP contribution in [0.5, 0.6) is 0 Å². The quantitative estimate of drug-likeness (QED) is 0.722. The minimum absolute atomic E-state index is 0.0561. The molecule has 88 valence electrons. The Morgan fingerprint density at radius 1 is 1.38 bits per heavy atom. The van der Waals surface area contributed by atoms with Crippen molar-refractivity contribution in [2.75, 3.05) is 11.9 Å². The summed E-state index contributed by atoms with van der Waals surface area (Å²) in [5.74, 6) is 5.00. The summed E-state index contributed by atoms with van der Waals surface area (Å²) >= 11 is 0. The van der Waals surface area contributed by atoms with E-state index in [1.165, 1.54) is 0 Å². The highest BCUT2D eigenvalue weighted by molar-refractivity contribution is 5.90. The van der Waals surface area contributed by atoms with E-state index in [0.717, 1.165) is 24.1 Å². The molecular weight excluding hydrogens is 204 g/mol. The number of rotatable bonds is 6. The Bertz CT molecular complexity index is 322. The molecule has 0 saturated heterocycles. The Hall–Kier alpha value is -1.39. The third kappa shape index (κ3) is 4.42. The molecule has 0 aliphatic rings. The predicted octanol–water partition coefficient (Wildman–Crippen LogP) is 1.86. The first-order chi connectivity index (χ1) is 7.76. The van der Waals surface area contributed by atoms with Crippen molar-refractivity contribution in [1.29, 1.82) is 0 Å². The fourth-order valence-electron chi connectivity index (χ4n) is 1.38. The zero-order valence-corrected chi connectivity index (χ0v) is 9.53. The van der Waals surface area contributed by atoms with Crippen molar-refractivity contribution in [3.05, 3.63) is 29.8 Å². The molecular formula is C12H18N2O2. The zero-order chi connectivity index (χ0) is 11.8. The van der Waals surface area contributed by atoms with Gasteiger partial charge in [-0.1, -0.05) is 19.1 Å². The maximum Gasteiger partial charge on any atom is 0.224 e. The average molecular weight is 222 g/mol. The molecule has 0 fully saturated rings. The lowest BCUT2D eigenvalue weighted by molar-refractivity contribution is -0.116. The molecule has 0 spiro atoms. The van der Waals surface area contributed by atoms with Gasteiger partial charge in [-0.3, -0.25) is 4.79 Å². The van der Waals surface area contributed by atoms with Gasteiger partial charge in [0.15, 0.2) is 0 Å². The van der Waals surface area contributed by atoms with Crippen LogP contribution in [-0.4, -0.2) is 12.5 Å². The van der Waals surface area contributed by atoms with Gasteiger partial charge in [0, 0.05) is 12.1 Å². The van der Waals surface area contributed by atoms with Crippen LogP contribution in [0.15, 0.2) is 24.3 Å². The molecule has 1 aromatic rings. The number of hydrogen-bond donors (Lipinski definition) is 2. The largest absolute Gasteiger partial charge is 0.326 e. The number of anilines is 1. The fraction of sp³-hybridized carbons (Fsp3) is 0.417. The smallest absolute Gasteiger partial charge is 0.224 e. The van der Waals surface area contributed by atoms with Gasteiger partial charge in [0.2, 0.25) is 5.91 Å². The Kier molecular flexibility index (Phi) is 5.53. The second-order valence-corrected chi connectivity index (χ2v) is 3.62. The molecule has 0 aromatic heterocycles. The van der Waals surface area contributed by atoms with Gasteiger partial charge in [-0.05, 0) is 30.5 Å². The Morgan fingerprint density at radius 2 is 2.06 bits per heavy atom. The summed E-state index contributed by atoms with van der Waals surface area (Å²) in [6, 6.07) is 7.69. The molecule has 1 rings (SSSR count). The van der Waals surface area contributed by atoms with Crippen LogP contribution in [0, 0.1) is 0 Å². The monoisotopic (exact) mass is 222 g/mol. The maximum absolute atomic E-state index is 11.3. The van der Waals surface area contributed by atoms with E-state index in [1.54, 1.807) is 0 Å². The Morgan fingerprint density at radius 3 is 2.62 bits per heavy atom. The molecule has 3 N–H and O–H groups in total. The number of hydrogen-bond acceptors (Lipinski definition) is 3. The molecule has 0 aliphatic heterocycles. The molecule has 0 unspecified atom stereocenters. The van der Waals surface area contributed by atoms with E-state index in [9.17, 15) is 4.79 Å². The van der Waals surface area contributed by atoms with Crippen LogP contribution in [0.2, 0.25) is 0 Å². The van der Waals surface area contributed by atoms with Gasteiger partial charge in [0.1, 0.15) is 0 Å². The normalized spacial score (nSPS) is 10.1. The fourth-order valence-corrected chi connectivity index (χ4v) is 1.38. The second-order valence-electron chi connectivity index (χ2n) is 3.62. The van der Waals surface area contributed by atoms with Crippen molar-refractivity contribution in [2.45, 2.75) is 26.2 Å². The summed E-state index contributed by atoms with van der Waals surface area (Å²) in [6.07, 6.45) is 2.19. The number of carbonyl (C=O) groups excluding carboxylic acids is 1. The highest BCUT2D eigenvalue weighted by Crippen LogP contribution is 2.10. The topological polar surface area (TPSA) is 64.3 Å². The molecule has 0 heterocycles. The van der Waals surface area contributed by atoms with Gasteiger partial charge in [-0.15, -0.1) is 0 Å². The predicted molar refractivity (Wildman–Crippen MR) is 63.8 cm³/mol. The summed E-state index contributed by atoms with van der Waals surface area (Å²) in [7, 11) is 0. The molecule has 0 radical (unpaired) electrons. The van der Waals surface area contributed by atoms with E-state index in [2.05, 4.69) is 10.2 Å². The lowest BCUT2D eigenvalue weighted by Crippen LogP contribution is -2.10. The van der Waals surface area contributed by atoms with Crippen molar-refractivity contribution in [3.63, 3.8) is 0 Å². The standard InChI is InChI=1S/C12H18N2O2/c1-2-3-12(15)14-11-6-4-10(5-7-11)8-9-16-13/h4-7H,2-3,8-9,13H2,1H3,(H,14,15). The van der Waals surface area contributed by atoms with Gasteiger partial charge >= 0.3 is 0 Å². The lowest BCUT2D eigenvalue weighted by Gasteiger charge is -2.05. The molecule has 0 atom stereocenters. The molecule has 1 aromatic carbocycles. The number of nitrogens with one attached hydrogen (secondary N) is 1. The van der Waals surface area contributed by atoms with E-state index in [4.69, 9.17) is 5.90 Å². The average Bonchev–Trinajstić information content (AvgIpc) is 2.28. The number of benzene rings is 1. The highest BCUT2D eigenvalue weighted by Gasteiger charge is 2.00. The van der Waals surface area contributed by atoms with Crippen LogP contribution in [0.4, 0.5) is 5.69 Å². The molecule has 0 bridgehead atoms. The Labute approximate surface area is 95.7 Å². The van der Waals surface area contributed by atoms with E-state index < -0.39 is 0 Å². The van der Waals surface area contributed by atoms with Crippen LogP contribution < -0.4 is 11.2 Å². The summed E-state index contributed by atoms with van der Waals surface area (Å²) in [4.78, 5) is 15.8. The third-order valence-corrected chi connectivity index (χ3v) is 2.22. The molecule has 4 heteroatoms. The van der Waals surface area contributed by atoms with Crippen molar-refractivity contribution in [1.82, 2.24) is 0 Å². The van der Waals surface area contributed by atoms with Crippen LogP contribution in [-0.2, 0) is 16.1 Å². The molecule has 4 nitrogen and oxygen atoms in total. The highest BCUT2D eigenvalue weighted by atomic mass is 16.6. The van der Waals surface area contributed by atoms with E-state index in [0.29, 0.717) is 13.0 Å². The summed E-state index contributed by atoms with van der Waals surface area (Å²) in [5.41, 5.74) is 1.97. The molecule has 16 heavy (non-hydrogen) atoms. The number of nitrogens with two attached hydrogens (primary N) is 1. The first-order valence-corrected chi connectivity index (χ1v) is 5.46. The molecule has 0 aliphatic carbocycles. The van der Waals surface area contributed by atoms with Gasteiger partial charge in [0.05, 0.1) is 6.61 Å². The van der Waals surface area contributed by atoms with E-state index >= 15 is 0 Å². The molecule has 1 amide bonds. The van der Waals surface area contributed by atoms with Crippen LogP contribution >= 0.6 is 0 Å². The lowest BCUT2D eigenvalue weighted by atomic mass is 10.1. The van der Waals surface area contributed by atoms with Crippen LogP contribution in [0.1, 0.15) is 25.3 Å². The van der Waals surface area contributed by atoms with Crippen molar-refractivity contribution >= 4 is 11.6 Å².